The highest BCUT2D eigenvalue weighted by molar-refractivity contribution is 7.93. The number of nitrogens with one attached hydrogen (secondary N) is 2. The van der Waals surface area contributed by atoms with E-state index < -0.39 is 27.7 Å². The van der Waals surface area contributed by atoms with Crippen LogP contribution in [0.4, 0.5) is 18.3 Å². The summed E-state index contributed by atoms with van der Waals surface area (Å²) >= 11 is 1.02. The third kappa shape index (κ3) is 5.29. The van der Waals surface area contributed by atoms with E-state index in [9.17, 15) is 26.4 Å². The average molecular weight is 442 g/mol. The molecule has 0 spiro atoms. The third-order valence-corrected chi connectivity index (χ3v) is 5.83. The Hall–Kier alpha value is -2.99. The first-order valence-electron chi connectivity index (χ1n) is 7.98. The highest BCUT2D eigenvalue weighted by atomic mass is 32.2. The molecule has 3 rings (SSSR count). The van der Waals surface area contributed by atoms with E-state index in [0.29, 0.717) is 5.56 Å². The highest BCUT2D eigenvalue weighted by Crippen LogP contribution is 2.29. The Labute approximate surface area is 167 Å². The Morgan fingerprint density at radius 1 is 1.03 bits per heavy atom. The van der Waals surface area contributed by atoms with Crippen molar-refractivity contribution in [2.75, 3.05) is 4.72 Å². The van der Waals surface area contributed by atoms with Gasteiger partial charge < -0.3 is 5.32 Å². The number of aromatic nitrogens is 2. The number of benzene rings is 2. The lowest BCUT2D eigenvalue weighted by molar-refractivity contribution is -0.137. The van der Waals surface area contributed by atoms with Gasteiger partial charge in [0, 0.05) is 12.1 Å². The van der Waals surface area contributed by atoms with Crippen LogP contribution in [0.3, 0.4) is 0 Å². The standard InChI is InChI=1S/C17H13F3N4O3S2/c18-17(19,20)13-5-1-11(2-6-13)9-21-15(25)12-3-7-14(8-4-12)29(26,27)24-16-23-22-10-28-16/h1-8,10H,9H2,(H,21,25)(H,23,24). The molecule has 1 heterocycles. The Balaban J connectivity index is 1.62. The molecule has 0 atom stereocenters. The number of anilines is 1. The largest absolute Gasteiger partial charge is 0.416 e. The molecule has 0 aliphatic rings. The molecule has 0 aliphatic carbocycles. The summed E-state index contributed by atoms with van der Waals surface area (Å²) in [5, 5.41) is 9.81. The summed E-state index contributed by atoms with van der Waals surface area (Å²) in [5.41, 5.74) is 1.30. The van der Waals surface area contributed by atoms with Crippen LogP contribution in [0.25, 0.3) is 0 Å². The van der Waals surface area contributed by atoms with Gasteiger partial charge in [-0.3, -0.25) is 9.52 Å². The molecule has 152 valence electrons. The molecule has 1 amide bonds. The molecule has 0 bridgehead atoms. The van der Waals surface area contributed by atoms with Gasteiger partial charge in [-0.15, -0.1) is 10.2 Å². The molecule has 29 heavy (non-hydrogen) atoms. The molecule has 12 heteroatoms. The fraction of sp³-hybridized carbons (Fsp3) is 0.118. The summed E-state index contributed by atoms with van der Waals surface area (Å²) in [6.07, 6.45) is -4.42. The molecule has 0 saturated carbocycles. The third-order valence-electron chi connectivity index (χ3n) is 3.74. The Bertz CT molecular complexity index is 1080. The summed E-state index contributed by atoms with van der Waals surface area (Å²) in [4.78, 5) is 12.1. The van der Waals surface area contributed by atoms with Gasteiger partial charge in [0.05, 0.1) is 10.5 Å². The lowest BCUT2D eigenvalue weighted by atomic mass is 10.1. The zero-order chi connectivity index (χ0) is 21.1. The second-order valence-corrected chi connectivity index (χ2v) is 8.27. The van der Waals surface area contributed by atoms with E-state index in [2.05, 4.69) is 20.2 Å². The maximum atomic E-state index is 12.6. The molecule has 0 radical (unpaired) electrons. The molecule has 2 N–H and O–H groups in total. The number of carbonyl (C=O) groups excluding carboxylic acids is 1. The SMILES string of the molecule is O=C(NCc1ccc(C(F)(F)F)cc1)c1ccc(S(=O)(=O)Nc2nncs2)cc1. The van der Waals surface area contributed by atoms with Crippen LogP contribution in [0.1, 0.15) is 21.5 Å². The van der Waals surface area contributed by atoms with Gasteiger partial charge in [0.15, 0.2) is 0 Å². The lowest BCUT2D eigenvalue weighted by Crippen LogP contribution is -2.23. The van der Waals surface area contributed by atoms with E-state index in [0.717, 1.165) is 23.5 Å². The maximum Gasteiger partial charge on any atom is 0.416 e. The molecule has 0 fully saturated rings. The fourth-order valence-electron chi connectivity index (χ4n) is 2.27. The minimum atomic E-state index is -4.42. The first-order valence-corrected chi connectivity index (χ1v) is 10.3. The van der Waals surface area contributed by atoms with E-state index in [4.69, 9.17) is 0 Å². The van der Waals surface area contributed by atoms with Crippen molar-refractivity contribution in [2.24, 2.45) is 0 Å². The second kappa shape index (κ2) is 8.17. The first kappa shape index (κ1) is 20.7. The maximum absolute atomic E-state index is 12.6. The molecule has 2 aromatic carbocycles. The summed E-state index contributed by atoms with van der Waals surface area (Å²) in [7, 11) is -3.86. The van der Waals surface area contributed by atoms with E-state index in [1.54, 1.807) is 0 Å². The predicted molar refractivity (Wildman–Crippen MR) is 99.8 cm³/mol. The second-order valence-electron chi connectivity index (χ2n) is 5.75. The quantitative estimate of drug-likeness (QED) is 0.610. The number of sulfonamides is 1. The topological polar surface area (TPSA) is 101 Å². The van der Waals surface area contributed by atoms with E-state index in [1.165, 1.54) is 41.9 Å². The van der Waals surface area contributed by atoms with Gasteiger partial charge in [0.2, 0.25) is 5.13 Å². The van der Waals surface area contributed by atoms with Crippen LogP contribution >= 0.6 is 11.3 Å². The molecular formula is C17H13F3N4O3S2. The minimum Gasteiger partial charge on any atom is -0.348 e. The van der Waals surface area contributed by atoms with Crippen molar-refractivity contribution >= 4 is 32.4 Å². The predicted octanol–water partition coefficient (Wildman–Crippen LogP) is 3.29. The summed E-state index contributed by atoms with van der Waals surface area (Å²) < 4.78 is 64.4. The number of halogens is 3. The molecule has 0 unspecified atom stereocenters. The molecule has 3 aromatic rings. The zero-order valence-electron chi connectivity index (χ0n) is 14.5. The Kier molecular flexibility index (Phi) is 5.84. The summed E-state index contributed by atoms with van der Waals surface area (Å²) in [5.74, 6) is -0.495. The molecule has 7 nitrogen and oxygen atoms in total. The lowest BCUT2D eigenvalue weighted by Gasteiger charge is -2.09. The number of hydrogen-bond acceptors (Lipinski definition) is 6. The number of carbonyl (C=O) groups is 1. The number of rotatable bonds is 6. The van der Waals surface area contributed by atoms with Crippen molar-refractivity contribution in [2.45, 2.75) is 17.6 Å². The van der Waals surface area contributed by atoms with Crippen LogP contribution in [-0.2, 0) is 22.7 Å². The molecule has 1 aromatic heterocycles. The van der Waals surface area contributed by atoms with Crippen molar-refractivity contribution in [3.63, 3.8) is 0 Å². The van der Waals surface area contributed by atoms with Gasteiger partial charge in [0.1, 0.15) is 5.51 Å². The molecule has 0 aliphatic heterocycles. The minimum absolute atomic E-state index is 0.0234. The van der Waals surface area contributed by atoms with Crippen LogP contribution < -0.4 is 10.0 Å². The van der Waals surface area contributed by atoms with E-state index in [1.807, 2.05) is 0 Å². The van der Waals surface area contributed by atoms with Crippen molar-refractivity contribution in [1.82, 2.24) is 15.5 Å². The fourth-order valence-corrected chi connectivity index (χ4v) is 3.97. The Morgan fingerprint density at radius 2 is 1.69 bits per heavy atom. The van der Waals surface area contributed by atoms with Crippen molar-refractivity contribution < 1.29 is 26.4 Å². The number of alkyl halides is 3. The average Bonchev–Trinajstić information content (AvgIpc) is 3.18. The van der Waals surface area contributed by atoms with Crippen LogP contribution in [-0.4, -0.2) is 24.5 Å². The van der Waals surface area contributed by atoms with Crippen LogP contribution in [0, 0.1) is 0 Å². The van der Waals surface area contributed by atoms with Crippen molar-refractivity contribution in [3.8, 4) is 0 Å². The van der Waals surface area contributed by atoms with Crippen LogP contribution in [0.2, 0.25) is 0 Å². The zero-order valence-corrected chi connectivity index (χ0v) is 16.1. The summed E-state index contributed by atoms with van der Waals surface area (Å²) in [6, 6.07) is 9.61. The molecular weight excluding hydrogens is 429 g/mol. The van der Waals surface area contributed by atoms with E-state index >= 15 is 0 Å². The van der Waals surface area contributed by atoms with Gasteiger partial charge in [-0.1, -0.05) is 23.5 Å². The number of hydrogen-bond donors (Lipinski definition) is 2. The van der Waals surface area contributed by atoms with Crippen molar-refractivity contribution in [1.29, 1.82) is 0 Å². The smallest absolute Gasteiger partial charge is 0.348 e. The monoisotopic (exact) mass is 442 g/mol. The van der Waals surface area contributed by atoms with Gasteiger partial charge >= 0.3 is 6.18 Å². The Morgan fingerprint density at radius 3 is 2.24 bits per heavy atom. The van der Waals surface area contributed by atoms with Gasteiger partial charge in [-0.05, 0) is 42.0 Å². The van der Waals surface area contributed by atoms with Gasteiger partial charge in [0.25, 0.3) is 15.9 Å². The highest BCUT2D eigenvalue weighted by Gasteiger charge is 2.29. The van der Waals surface area contributed by atoms with Crippen LogP contribution in [0.15, 0.2) is 58.9 Å². The first-order chi connectivity index (χ1) is 13.6. The molecule has 0 saturated heterocycles. The number of nitrogens with zero attached hydrogens (tertiary/aromatic N) is 2. The summed E-state index contributed by atoms with van der Waals surface area (Å²) in [6.45, 7) is 0.0234. The van der Waals surface area contributed by atoms with Crippen LogP contribution in [0.5, 0.6) is 0 Å². The number of amides is 1. The van der Waals surface area contributed by atoms with Gasteiger partial charge in [-0.2, -0.15) is 13.2 Å². The normalized spacial score (nSPS) is 11.8. The van der Waals surface area contributed by atoms with Gasteiger partial charge in [-0.25, -0.2) is 8.42 Å². The van der Waals surface area contributed by atoms with Crippen molar-refractivity contribution in [3.05, 3.63) is 70.7 Å². The van der Waals surface area contributed by atoms with E-state index in [-0.39, 0.29) is 22.1 Å².